The zero-order valence-electron chi connectivity index (χ0n) is 12.8. The van der Waals surface area contributed by atoms with Crippen LogP contribution in [0, 0.1) is 6.92 Å². The number of rotatable bonds is 3. The maximum atomic E-state index is 12.8. The van der Waals surface area contributed by atoms with Gasteiger partial charge in [0.2, 0.25) is 0 Å². The van der Waals surface area contributed by atoms with Crippen molar-refractivity contribution in [3.63, 3.8) is 0 Å². The van der Waals surface area contributed by atoms with E-state index < -0.39 is 11.7 Å². The largest absolute Gasteiger partial charge is 0.416 e. The number of halogens is 3. The van der Waals surface area contributed by atoms with Crippen molar-refractivity contribution in [2.75, 3.05) is 31.1 Å². The number of nitrogens with zero attached hydrogens (tertiary/aromatic N) is 3. The Balaban J connectivity index is 1.60. The molecule has 1 aliphatic heterocycles. The highest BCUT2D eigenvalue weighted by molar-refractivity contribution is 5.49. The molecule has 7 heteroatoms. The van der Waals surface area contributed by atoms with E-state index >= 15 is 0 Å². The molecule has 0 unspecified atom stereocenters. The summed E-state index contributed by atoms with van der Waals surface area (Å²) in [6, 6.07) is 7.41. The fourth-order valence-electron chi connectivity index (χ4n) is 2.75. The summed E-state index contributed by atoms with van der Waals surface area (Å²) in [6.07, 6.45) is -4.30. The zero-order valence-corrected chi connectivity index (χ0v) is 12.8. The highest BCUT2D eigenvalue weighted by atomic mass is 19.4. The minimum absolute atomic E-state index is 0.602. The van der Waals surface area contributed by atoms with Crippen molar-refractivity contribution in [1.82, 2.24) is 10.1 Å². The molecular weight excluding hydrogens is 307 g/mol. The molecule has 23 heavy (non-hydrogen) atoms. The fraction of sp³-hybridized carbons (Fsp3) is 0.438. The second-order valence-electron chi connectivity index (χ2n) is 5.75. The van der Waals surface area contributed by atoms with Gasteiger partial charge in [-0.25, -0.2) is 0 Å². The molecule has 1 saturated heterocycles. The number of aromatic nitrogens is 1. The minimum Gasteiger partial charge on any atom is -0.369 e. The highest BCUT2D eigenvalue weighted by Gasteiger charge is 2.31. The first kappa shape index (κ1) is 15.9. The molecule has 1 aliphatic rings. The molecule has 1 aromatic carbocycles. The molecule has 0 aliphatic carbocycles. The van der Waals surface area contributed by atoms with Crippen molar-refractivity contribution < 1.29 is 17.7 Å². The first-order chi connectivity index (χ1) is 10.9. The number of aryl methyl sites for hydroxylation is 1. The van der Waals surface area contributed by atoms with Gasteiger partial charge in [0.15, 0.2) is 5.76 Å². The topological polar surface area (TPSA) is 32.5 Å². The Hall–Kier alpha value is -2.02. The summed E-state index contributed by atoms with van der Waals surface area (Å²) in [4.78, 5) is 4.20. The van der Waals surface area contributed by atoms with Crippen LogP contribution in [0.1, 0.15) is 17.0 Å². The lowest BCUT2D eigenvalue weighted by Crippen LogP contribution is -2.46. The average molecular weight is 325 g/mol. The number of piperazine rings is 1. The first-order valence-corrected chi connectivity index (χ1v) is 7.48. The molecule has 0 bridgehead atoms. The summed E-state index contributed by atoms with van der Waals surface area (Å²) in [7, 11) is 0. The van der Waals surface area contributed by atoms with Gasteiger partial charge in [-0.15, -0.1) is 0 Å². The van der Waals surface area contributed by atoms with E-state index in [1.165, 1.54) is 12.1 Å². The predicted molar refractivity (Wildman–Crippen MR) is 80.2 cm³/mol. The van der Waals surface area contributed by atoms with Crippen LogP contribution < -0.4 is 4.90 Å². The molecule has 0 atom stereocenters. The van der Waals surface area contributed by atoms with E-state index in [1.54, 1.807) is 6.07 Å². The van der Waals surface area contributed by atoms with Crippen LogP contribution in [-0.4, -0.2) is 36.2 Å². The molecule has 124 valence electrons. The van der Waals surface area contributed by atoms with Crippen LogP contribution in [0.3, 0.4) is 0 Å². The summed E-state index contributed by atoms with van der Waals surface area (Å²) in [5.41, 5.74) is 0.868. The Morgan fingerprint density at radius 3 is 2.48 bits per heavy atom. The number of alkyl halides is 3. The summed E-state index contributed by atoms with van der Waals surface area (Å²) < 4.78 is 43.6. The first-order valence-electron chi connectivity index (χ1n) is 7.48. The van der Waals surface area contributed by atoms with Crippen LogP contribution in [0.4, 0.5) is 18.9 Å². The van der Waals surface area contributed by atoms with Gasteiger partial charge in [0.05, 0.1) is 17.8 Å². The molecule has 0 radical (unpaired) electrons. The van der Waals surface area contributed by atoms with Crippen molar-refractivity contribution in [2.45, 2.75) is 19.6 Å². The van der Waals surface area contributed by atoms with Gasteiger partial charge in [-0.2, -0.15) is 13.2 Å². The minimum atomic E-state index is -4.30. The lowest BCUT2D eigenvalue weighted by atomic mass is 10.1. The van der Waals surface area contributed by atoms with Gasteiger partial charge >= 0.3 is 6.18 Å². The molecular formula is C16H18F3N3O. The zero-order chi connectivity index (χ0) is 16.4. The molecule has 0 amide bonds. The summed E-state index contributed by atoms with van der Waals surface area (Å²) in [6.45, 7) is 5.48. The van der Waals surface area contributed by atoms with E-state index in [2.05, 4.69) is 10.1 Å². The van der Waals surface area contributed by atoms with E-state index in [1.807, 2.05) is 17.9 Å². The van der Waals surface area contributed by atoms with E-state index in [-0.39, 0.29) is 0 Å². The molecule has 2 heterocycles. The molecule has 0 N–H and O–H groups in total. The summed E-state index contributed by atoms with van der Waals surface area (Å²) in [5, 5.41) is 3.86. The normalized spacial score (nSPS) is 16.8. The SMILES string of the molecule is Cc1cc(CN2CCN(c3cccc(C(F)(F)F)c3)CC2)on1. The van der Waals surface area contributed by atoms with E-state index in [4.69, 9.17) is 4.52 Å². The number of hydrogen-bond donors (Lipinski definition) is 0. The highest BCUT2D eigenvalue weighted by Crippen LogP contribution is 2.31. The smallest absolute Gasteiger partial charge is 0.369 e. The molecule has 4 nitrogen and oxygen atoms in total. The molecule has 1 fully saturated rings. The van der Waals surface area contributed by atoms with Crippen LogP contribution >= 0.6 is 0 Å². The van der Waals surface area contributed by atoms with Gasteiger partial charge in [0, 0.05) is 37.9 Å². The lowest BCUT2D eigenvalue weighted by Gasteiger charge is -2.35. The molecule has 1 aromatic heterocycles. The van der Waals surface area contributed by atoms with Crippen molar-refractivity contribution in [1.29, 1.82) is 0 Å². The van der Waals surface area contributed by atoms with Crippen molar-refractivity contribution in [3.8, 4) is 0 Å². The Kier molecular flexibility index (Phi) is 4.30. The fourth-order valence-corrected chi connectivity index (χ4v) is 2.75. The summed E-state index contributed by atoms with van der Waals surface area (Å²) >= 11 is 0. The Morgan fingerprint density at radius 2 is 1.87 bits per heavy atom. The maximum absolute atomic E-state index is 12.8. The Labute approximate surface area is 132 Å². The third-order valence-corrected chi connectivity index (χ3v) is 3.97. The van der Waals surface area contributed by atoms with E-state index in [9.17, 15) is 13.2 Å². The number of anilines is 1. The standard InChI is InChI=1S/C16H18F3N3O/c1-12-9-15(23-20-12)11-21-5-7-22(8-6-21)14-4-2-3-13(10-14)16(17,18)19/h2-4,9-10H,5-8,11H2,1H3. The van der Waals surface area contributed by atoms with Gasteiger partial charge in [0.25, 0.3) is 0 Å². The van der Waals surface area contributed by atoms with E-state index in [0.29, 0.717) is 25.3 Å². The molecule has 0 saturated carbocycles. The van der Waals surface area contributed by atoms with Crippen LogP contribution in [0.2, 0.25) is 0 Å². The molecule has 3 rings (SSSR count). The van der Waals surface area contributed by atoms with Crippen molar-refractivity contribution >= 4 is 5.69 Å². The second kappa shape index (κ2) is 6.23. The van der Waals surface area contributed by atoms with Gasteiger partial charge in [-0.05, 0) is 25.1 Å². The van der Waals surface area contributed by atoms with Gasteiger partial charge in [-0.1, -0.05) is 11.2 Å². The van der Waals surface area contributed by atoms with Crippen LogP contribution in [0.15, 0.2) is 34.9 Å². The van der Waals surface area contributed by atoms with E-state index in [0.717, 1.165) is 30.6 Å². The monoisotopic (exact) mass is 325 g/mol. The lowest BCUT2D eigenvalue weighted by molar-refractivity contribution is -0.137. The second-order valence-corrected chi connectivity index (χ2v) is 5.75. The van der Waals surface area contributed by atoms with Crippen LogP contribution in [0.25, 0.3) is 0 Å². The third kappa shape index (κ3) is 3.85. The van der Waals surface area contributed by atoms with Crippen LogP contribution in [-0.2, 0) is 12.7 Å². The Bertz CT molecular complexity index is 661. The van der Waals surface area contributed by atoms with Crippen LogP contribution in [0.5, 0.6) is 0 Å². The maximum Gasteiger partial charge on any atom is 0.416 e. The van der Waals surface area contributed by atoms with Gasteiger partial charge < -0.3 is 9.42 Å². The number of hydrogen-bond acceptors (Lipinski definition) is 4. The molecule has 2 aromatic rings. The van der Waals surface area contributed by atoms with Gasteiger partial charge in [0.1, 0.15) is 0 Å². The average Bonchev–Trinajstić information content (AvgIpc) is 2.92. The third-order valence-electron chi connectivity index (χ3n) is 3.97. The van der Waals surface area contributed by atoms with Gasteiger partial charge in [-0.3, -0.25) is 4.90 Å². The Morgan fingerprint density at radius 1 is 1.13 bits per heavy atom. The summed E-state index contributed by atoms with van der Waals surface area (Å²) in [5.74, 6) is 0.815. The quantitative estimate of drug-likeness (QED) is 0.866. The van der Waals surface area contributed by atoms with Crippen molar-refractivity contribution in [3.05, 3.63) is 47.3 Å². The van der Waals surface area contributed by atoms with Crippen molar-refractivity contribution in [2.24, 2.45) is 0 Å². The molecule has 0 spiro atoms. The number of benzene rings is 1. The predicted octanol–water partition coefficient (Wildman–Crippen LogP) is 3.32.